The van der Waals surface area contributed by atoms with Crippen LogP contribution in [0.1, 0.15) is 37.5 Å². The van der Waals surface area contributed by atoms with E-state index in [0.717, 1.165) is 0 Å². The molecular formula is C40H32Cl2N4O8. The number of benzene rings is 3. The van der Waals surface area contributed by atoms with Gasteiger partial charge < -0.3 is 23.8 Å². The van der Waals surface area contributed by atoms with Crippen molar-refractivity contribution in [3.8, 4) is 12.1 Å². The molecule has 12 nitrogen and oxygen atoms in total. The lowest BCUT2D eigenvalue weighted by Gasteiger charge is -2.26. The minimum absolute atomic E-state index is 0.0646. The summed E-state index contributed by atoms with van der Waals surface area (Å²) in [6, 6.07) is 23.8. The fraction of sp³-hybridized carbons (Fsp3) is 0.175. The van der Waals surface area contributed by atoms with E-state index < -0.39 is 23.9 Å². The van der Waals surface area contributed by atoms with Crippen molar-refractivity contribution in [1.29, 1.82) is 10.5 Å². The van der Waals surface area contributed by atoms with Crippen LogP contribution in [0.3, 0.4) is 0 Å². The summed E-state index contributed by atoms with van der Waals surface area (Å²) in [7, 11) is 0. The molecule has 0 fully saturated rings. The Bertz CT molecular complexity index is 2040. The molecule has 0 radical (unpaired) electrons. The Balaban J connectivity index is 2.03. The number of nitrogens with zero attached hydrogens (tertiary/aromatic N) is 4. The minimum atomic E-state index is -0.901. The molecule has 0 unspecified atom stereocenters. The SMILES string of the molecule is [C-]#[N+]/C(C(=O)OCC)=C(/Cl)c1ccc(N(c2ccc(/C=C(\C#N)C(=O)OCCOC(=O)C(=C)C)cc2)c2ccc(/C(Cl)=C(\C#N)C(=O)OCC)cc2)cc1. The van der Waals surface area contributed by atoms with Gasteiger partial charge in [-0.25, -0.2) is 19.2 Å². The van der Waals surface area contributed by atoms with Gasteiger partial charge in [0.25, 0.3) is 5.70 Å². The highest BCUT2D eigenvalue weighted by molar-refractivity contribution is 6.51. The zero-order valence-electron chi connectivity index (χ0n) is 29.4. The maximum atomic E-state index is 12.5. The molecule has 0 amide bonds. The highest BCUT2D eigenvalue weighted by Crippen LogP contribution is 2.37. The maximum absolute atomic E-state index is 12.5. The predicted molar refractivity (Wildman–Crippen MR) is 202 cm³/mol. The standard InChI is InChI=1S/C40H32Cl2N4O8/c1-6-51-39(49)33(24-44)34(41)27-10-16-31(17-11-27)46(32-18-12-28(13-19-32)35(42)36(45-5)40(50)52-7-2)30-14-8-26(9-15-30)22-29(23-43)38(48)54-21-20-53-37(47)25(3)4/h8-19,22H,3,6-7,20-21H2,1-2,4H3/b29-22+,34-33-,36-35+. The van der Waals surface area contributed by atoms with Crippen LogP contribution in [-0.4, -0.2) is 50.3 Å². The van der Waals surface area contributed by atoms with Crippen molar-refractivity contribution in [2.45, 2.75) is 20.8 Å². The van der Waals surface area contributed by atoms with E-state index in [0.29, 0.717) is 33.8 Å². The molecule has 0 bridgehead atoms. The molecule has 3 aromatic rings. The van der Waals surface area contributed by atoms with Gasteiger partial charge in [-0.05, 0) is 79.9 Å². The van der Waals surface area contributed by atoms with Gasteiger partial charge in [-0.15, -0.1) is 0 Å². The molecule has 14 heteroatoms. The second-order valence-corrected chi connectivity index (χ2v) is 11.5. The third-order valence-electron chi connectivity index (χ3n) is 7.06. The fourth-order valence-corrected chi connectivity index (χ4v) is 5.00. The smallest absolute Gasteiger partial charge is 0.350 e. The molecule has 0 atom stereocenters. The normalized spacial score (nSPS) is 11.6. The minimum Gasteiger partial charge on any atom is -0.471 e. The molecule has 3 rings (SSSR count). The second kappa shape index (κ2) is 20.4. The Morgan fingerprint density at radius 1 is 0.722 bits per heavy atom. The Hall–Kier alpha value is -6.65. The molecule has 0 aliphatic carbocycles. The van der Waals surface area contributed by atoms with Crippen molar-refractivity contribution < 1.29 is 38.1 Å². The lowest BCUT2D eigenvalue weighted by Crippen LogP contribution is -2.15. The zero-order valence-corrected chi connectivity index (χ0v) is 30.9. The first-order valence-electron chi connectivity index (χ1n) is 16.0. The fourth-order valence-electron chi connectivity index (χ4n) is 4.51. The van der Waals surface area contributed by atoms with E-state index >= 15 is 0 Å². The number of esters is 4. The van der Waals surface area contributed by atoms with E-state index in [1.54, 1.807) is 92.7 Å². The zero-order chi connectivity index (χ0) is 39.8. The largest absolute Gasteiger partial charge is 0.471 e. The van der Waals surface area contributed by atoms with Crippen LogP contribution in [0.25, 0.3) is 21.0 Å². The van der Waals surface area contributed by atoms with E-state index in [1.165, 1.54) is 13.0 Å². The topological polar surface area (TPSA) is 160 Å². The molecule has 0 saturated heterocycles. The van der Waals surface area contributed by atoms with Crippen LogP contribution in [0.2, 0.25) is 0 Å². The third-order valence-corrected chi connectivity index (χ3v) is 7.86. The quantitative estimate of drug-likeness (QED) is 0.0367. The van der Waals surface area contributed by atoms with Gasteiger partial charge in [-0.1, -0.05) is 66.2 Å². The van der Waals surface area contributed by atoms with Crippen LogP contribution in [0, 0.1) is 29.2 Å². The van der Waals surface area contributed by atoms with Crippen LogP contribution >= 0.6 is 23.2 Å². The average molecular weight is 768 g/mol. The van der Waals surface area contributed by atoms with E-state index in [9.17, 15) is 29.7 Å². The van der Waals surface area contributed by atoms with Gasteiger partial charge in [0.1, 0.15) is 30.9 Å². The average Bonchev–Trinajstić information content (AvgIpc) is 3.17. The highest BCUT2D eigenvalue weighted by atomic mass is 35.5. The van der Waals surface area contributed by atoms with E-state index in [1.807, 2.05) is 11.0 Å². The summed E-state index contributed by atoms with van der Waals surface area (Å²) in [4.78, 5) is 53.7. The summed E-state index contributed by atoms with van der Waals surface area (Å²) in [5.41, 5.74) is 2.31. The van der Waals surface area contributed by atoms with Crippen LogP contribution in [0.4, 0.5) is 17.1 Å². The molecule has 0 N–H and O–H groups in total. The summed E-state index contributed by atoms with van der Waals surface area (Å²) >= 11 is 12.9. The van der Waals surface area contributed by atoms with Crippen molar-refractivity contribution in [1.82, 2.24) is 0 Å². The van der Waals surface area contributed by atoms with Gasteiger partial charge in [-0.2, -0.15) is 10.5 Å². The molecule has 0 aromatic heterocycles. The molecular weight excluding hydrogens is 735 g/mol. The van der Waals surface area contributed by atoms with Crippen molar-refractivity contribution in [3.63, 3.8) is 0 Å². The number of carbonyl (C=O) groups excluding carboxylic acids is 4. The molecule has 0 heterocycles. The lowest BCUT2D eigenvalue weighted by atomic mass is 10.1. The summed E-state index contributed by atoms with van der Waals surface area (Å²) < 4.78 is 19.9. The van der Waals surface area contributed by atoms with E-state index in [4.69, 9.17) is 48.7 Å². The van der Waals surface area contributed by atoms with Crippen LogP contribution in [-0.2, 0) is 38.1 Å². The number of nitriles is 2. The number of carbonyl (C=O) groups is 4. The van der Waals surface area contributed by atoms with Crippen LogP contribution in [0.5, 0.6) is 0 Å². The number of rotatable bonds is 15. The third kappa shape index (κ3) is 10.9. The molecule has 0 spiro atoms. The predicted octanol–water partition coefficient (Wildman–Crippen LogP) is 8.15. The first-order chi connectivity index (χ1) is 25.9. The van der Waals surface area contributed by atoms with Crippen LogP contribution < -0.4 is 4.90 Å². The Labute approximate surface area is 322 Å². The van der Waals surface area contributed by atoms with Gasteiger partial charge in [0.2, 0.25) is 0 Å². The van der Waals surface area contributed by atoms with Crippen molar-refractivity contribution in [2.24, 2.45) is 0 Å². The Kier molecular flexibility index (Phi) is 15.8. The number of hydrogen-bond acceptors (Lipinski definition) is 11. The van der Waals surface area contributed by atoms with Gasteiger partial charge in [0.15, 0.2) is 5.57 Å². The van der Waals surface area contributed by atoms with Crippen molar-refractivity contribution in [3.05, 3.63) is 130 Å². The summed E-state index contributed by atoms with van der Waals surface area (Å²) in [6.45, 7) is 15.3. The van der Waals surface area contributed by atoms with E-state index in [-0.39, 0.29) is 58.9 Å². The van der Waals surface area contributed by atoms with Crippen molar-refractivity contribution >= 4 is 80.3 Å². The summed E-state index contributed by atoms with van der Waals surface area (Å²) in [5, 5.41) is 19.0. The number of halogens is 2. The summed E-state index contributed by atoms with van der Waals surface area (Å²) in [6.07, 6.45) is 1.34. The monoisotopic (exact) mass is 766 g/mol. The summed E-state index contributed by atoms with van der Waals surface area (Å²) in [5.74, 6) is -3.22. The molecule has 54 heavy (non-hydrogen) atoms. The van der Waals surface area contributed by atoms with E-state index in [2.05, 4.69) is 11.4 Å². The van der Waals surface area contributed by atoms with Gasteiger partial charge in [0.05, 0.1) is 29.9 Å². The van der Waals surface area contributed by atoms with Crippen LogP contribution in [0.15, 0.2) is 102 Å². The Morgan fingerprint density at radius 2 is 1.19 bits per heavy atom. The van der Waals surface area contributed by atoms with Crippen molar-refractivity contribution in [2.75, 3.05) is 31.3 Å². The molecule has 0 aliphatic rings. The molecule has 0 aliphatic heterocycles. The lowest BCUT2D eigenvalue weighted by molar-refractivity contribution is -0.147. The number of anilines is 3. The number of hydrogen-bond donors (Lipinski definition) is 0. The first-order valence-corrected chi connectivity index (χ1v) is 16.8. The Morgan fingerprint density at radius 3 is 1.63 bits per heavy atom. The number of ether oxygens (including phenoxy) is 4. The molecule has 3 aromatic carbocycles. The van der Waals surface area contributed by atoms with Gasteiger partial charge in [-0.3, -0.25) is 4.79 Å². The first kappa shape index (κ1) is 41.8. The maximum Gasteiger partial charge on any atom is 0.350 e. The van der Waals surface area contributed by atoms with Gasteiger partial charge in [0, 0.05) is 22.6 Å². The highest BCUT2D eigenvalue weighted by Gasteiger charge is 2.20. The second-order valence-electron chi connectivity index (χ2n) is 10.8. The molecule has 274 valence electrons. The molecule has 0 saturated carbocycles. The van der Waals surface area contributed by atoms with Gasteiger partial charge >= 0.3 is 23.9 Å².